The number of nitrogens with two attached hydrogens (primary N) is 1. The third-order valence-electron chi connectivity index (χ3n) is 6.27. The monoisotopic (exact) mass is 265 g/mol. The number of carbonyl (C=O) groups excluding carboxylic acids is 1. The summed E-state index contributed by atoms with van der Waals surface area (Å²) in [5, 5.41) is 0. The Hall–Kier alpha value is -0.570. The van der Waals surface area contributed by atoms with Gasteiger partial charge in [0.2, 0.25) is 0 Å². The summed E-state index contributed by atoms with van der Waals surface area (Å²) >= 11 is 0. The Bertz CT molecular complexity index is 351. The molecule has 0 spiro atoms. The van der Waals surface area contributed by atoms with Gasteiger partial charge in [0.25, 0.3) is 0 Å². The Morgan fingerprint density at radius 2 is 1.58 bits per heavy atom. The molecule has 19 heavy (non-hydrogen) atoms. The Kier molecular flexibility index (Phi) is 3.16. The molecule has 0 aromatic carbocycles. The van der Waals surface area contributed by atoms with Crippen LogP contribution in [-0.2, 0) is 9.53 Å². The van der Waals surface area contributed by atoms with Gasteiger partial charge in [0.05, 0.1) is 7.11 Å². The van der Waals surface area contributed by atoms with Crippen molar-refractivity contribution in [1.29, 1.82) is 0 Å². The van der Waals surface area contributed by atoms with Gasteiger partial charge in [-0.2, -0.15) is 0 Å². The number of hydrogen-bond donors (Lipinski definition) is 1. The Labute approximate surface area is 116 Å². The minimum Gasteiger partial charge on any atom is -0.468 e. The second-order valence-corrected chi connectivity index (χ2v) is 7.54. The molecule has 3 heteroatoms. The summed E-state index contributed by atoms with van der Waals surface area (Å²) in [5.41, 5.74) is 5.87. The second kappa shape index (κ2) is 4.47. The summed E-state index contributed by atoms with van der Waals surface area (Å²) in [5.74, 6) is 3.42. The quantitative estimate of drug-likeness (QED) is 0.798. The van der Waals surface area contributed by atoms with E-state index in [9.17, 15) is 4.79 Å². The molecule has 1 unspecified atom stereocenters. The van der Waals surface area contributed by atoms with Crippen LogP contribution in [0.5, 0.6) is 0 Å². The van der Waals surface area contributed by atoms with Gasteiger partial charge in [-0.15, -0.1) is 0 Å². The van der Waals surface area contributed by atoms with Crippen molar-refractivity contribution in [2.75, 3.05) is 7.11 Å². The average molecular weight is 265 g/mol. The predicted octanol–water partition coefficient (Wildman–Crippen LogP) is 2.59. The SMILES string of the molecule is COC(=O)C(N)(C(C)C)C1C2CC3CC(C2)CC1C3. The molecule has 0 radical (unpaired) electrons. The topological polar surface area (TPSA) is 52.3 Å². The summed E-state index contributed by atoms with van der Waals surface area (Å²) in [6.45, 7) is 4.14. The van der Waals surface area contributed by atoms with Crippen LogP contribution in [0.3, 0.4) is 0 Å². The molecule has 4 bridgehead atoms. The number of methoxy groups -OCH3 is 1. The summed E-state index contributed by atoms with van der Waals surface area (Å²) in [6, 6.07) is 0. The summed E-state index contributed by atoms with van der Waals surface area (Å²) in [7, 11) is 1.47. The molecule has 0 amide bonds. The van der Waals surface area contributed by atoms with Crippen LogP contribution in [0.2, 0.25) is 0 Å². The molecule has 4 aliphatic rings. The minimum atomic E-state index is -0.780. The van der Waals surface area contributed by atoms with Crippen molar-refractivity contribution in [2.24, 2.45) is 41.2 Å². The van der Waals surface area contributed by atoms with E-state index in [-0.39, 0.29) is 11.9 Å². The average Bonchev–Trinajstić information content (AvgIpc) is 2.35. The third kappa shape index (κ3) is 1.84. The van der Waals surface area contributed by atoms with E-state index in [1.807, 2.05) is 0 Å². The van der Waals surface area contributed by atoms with E-state index in [1.54, 1.807) is 0 Å². The molecular formula is C16H27NO2. The number of esters is 1. The number of rotatable bonds is 3. The van der Waals surface area contributed by atoms with E-state index in [0.29, 0.717) is 17.8 Å². The van der Waals surface area contributed by atoms with Crippen LogP contribution >= 0.6 is 0 Å². The lowest BCUT2D eigenvalue weighted by Crippen LogP contribution is -2.65. The van der Waals surface area contributed by atoms with Crippen molar-refractivity contribution in [2.45, 2.75) is 51.5 Å². The standard InChI is InChI=1S/C16H27NO2/c1-9(2)16(17,15(18)19-3)14-12-5-10-4-11(7-12)8-13(14)6-10/h9-14H,4-8,17H2,1-3H3. The molecule has 0 aliphatic heterocycles. The van der Waals surface area contributed by atoms with Gasteiger partial charge in [0.1, 0.15) is 5.54 Å². The number of carbonyl (C=O) groups is 1. The van der Waals surface area contributed by atoms with Crippen LogP contribution in [0.1, 0.15) is 46.0 Å². The first-order valence-corrected chi connectivity index (χ1v) is 7.84. The fourth-order valence-corrected chi connectivity index (χ4v) is 5.64. The first-order chi connectivity index (χ1) is 8.96. The molecule has 108 valence electrons. The smallest absolute Gasteiger partial charge is 0.326 e. The van der Waals surface area contributed by atoms with Gasteiger partial charge in [0.15, 0.2) is 0 Å². The maximum atomic E-state index is 12.4. The van der Waals surface area contributed by atoms with Gasteiger partial charge in [-0.3, -0.25) is 4.79 Å². The van der Waals surface area contributed by atoms with Gasteiger partial charge < -0.3 is 10.5 Å². The van der Waals surface area contributed by atoms with Crippen molar-refractivity contribution >= 4 is 5.97 Å². The number of ether oxygens (including phenoxy) is 1. The van der Waals surface area contributed by atoms with Crippen LogP contribution in [0.4, 0.5) is 0 Å². The van der Waals surface area contributed by atoms with E-state index >= 15 is 0 Å². The first kappa shape index (κ1) is 13.4. The lowest BCUT2D eigenvalue weighted by atomic mass is 9.47. The van der Waals surface area contributed by atoms with Gasteiger partial charge in [-0.25, -0.2) is 0 Å². The third-order valence-corrected chi connectivity index (χ3v) is 6.27. The molecule has 1 atom stereocenters. The van der Waals surface area contributed by atoms with Gasteiger partial charge >= 0.3 is 5.97 Å². The van der Waals surface area contributed by atoms with Crippen molar-refractivity contribution < 1.29 is 9.53 Å². The highest BCUT2D eigenvalue weighted by Crippen LogP contribution is 2.59. The Morgan fingerprint density at radius 1 is 1.11 bits per heavy atom. The molecule has 4 aliphatic carbocycles. The van der Waals surface area contributed by atoms with Gasteiger partial charge in [-0.05, 0) is 67.6 Å². The van der Waals surface area contributed by atoms with Crippen molar-refractivity contribution in [3.63, 3.8) is 0 Å². The van der Waals surface area contributed by atoms with E-state index in [0.717, 1.165) is 11.8 Å². The molecule has 0 saturated heterocycles. The first-order valence-electron chi connectivity index (χ1n) is 7.84. The molecule has 0 heterocycles. The van der Waals surface area contributed by atoms with Gasteiger partial charge in [0, 0.05) is 0 Å². The zero-order valence-electron chi connectivity index (χ0n) is 12.4. The minimum absolute atomic E-state index is 0.141. The van der Waals surface area contributed by atoms with E-state index in [4.69, 9.17) is 10.5 Å². The van der Waals surface area contributed by atoms with Crippen LogP contribution in [0.15, 0.2) is 0 Å². The molecule has 0 aromatic heterocycles. The highest BCUT2D eigenvalue weighted by molar-refractivity contribution is 5.81. The maximum Gasteiger partial charge on any atom is 0.326 e. The largest absolute Gasteiger partial charge is 0.468 e. The summed E-state index contributed by atoms with van der Waals surface area (Å²) < 4.78 is 5.07. The molecular weight excluding hydrogens is 238 g/mol. The molecule has 4 saturated carbocycles. The predicted molar refractivity (Wildman–Crippen MR) is 74.3 cm³/mol. The van der Waals surface area contributed by atoms with Crippen molar-refractivity contribution in [1.82, 2.24) is 0 Å². The summed E-state index contributed by atoms with van der Waals surface area (Å²) in [4.78, 5) is 12.4. The summed E-state index contributed by atoms with van der Waals surface area (Å²) in [6.07, 6.45) is 6.60. The molecule has 0 aromatic rings. The molecule has 3 nitrogen and oxygen atoms in total. The second-order valence-electron chi connectivity index (χ2n) is 7.54. The zero-order chi connectivity index (χ0) is 13.8. The highest BCUT2D eigenvalue weighted by Gasteiger charge is 2.58. The van der Waals surface area contributed by atoms with Crippen molar-refractivity contribution in [3.05, 3.63) is 0 Å². The van der Waals surface area contributed by atoms with Crippen molar-refractivity contribution in [3.8, 4) is 0 Å². The van der Waals surface area contributed by atoms with E-state index in [1.165, 1.54) is 39.2 Å². The van der Waals surface area contributed by atoms with Crippen LogP contribution < -0.4 is 5.73 Å². The lowest BCUT2D eigenvalue weighted by molar-refractivity contribution is -0.162. The molecule has 2 N–H and O–H groups in total. The number of hydrogen-bond acceptors (Lipinski definition) is 3. The molecule has 4 fully saturated rings. The Morgan fingerprint density at radius 3 is 1.95 bits per heavy atom. The van der Waals surface area contributed by atoms with E-state index < -0.39 is 5.54 Å². The Balaban J connectivity index is 1.93. The zero-order valence-corrected chi connectivity index (χ0v) is 12.4. The van der Waals surface area contributed by atoms with Crippen LogP contribution in [0.25, 0.3) is 0 Å². The van der Waals surface area contributed by atoms with Crippen LogP contribution in [0, 0.1) is 35.5 Å². The fraction of sp³-hybridized carbons (Fsp3) is 0.938. The normalized spacial score (nSPS) is 43.3. The van der Waals surface area contributed by atoms with E-state index in [2.05, 4.69) is 13.8 Å². The van der Waals surface area contributed by atoms with Crippen LogP contribution in [-0.4, -0.2) is 18.6 Å². The van der Waals surface area contributed by atoms with Gasteiger partial charge in [-0.1, -0.05) is 13.8 Å². The molecule has 4 rings (SSSR count). The highest BCUT2D eigenvalue weighted by atomic mass is 16.5. The maximum absolute atomic E-state index is 12.4. The fourth-order valence-electron chi connectivity index (χ4n) is 5.64. The lowest BCUT2D eigenvalue weighted by Gasteiger charge is -2.59.